The van der Waals surface area contributed by atoms with Crippen LogP contribution in [0.25, 0.3) is 5.82 Å². The molecule has 2 aromatic heterocycles. The summed E-state index contributed by atoms with van der Waals surface area (Å²) in [5, 5.41) is 4.16. The molecule has 0 N–H and O–H groups in total. The van der Waals surface area contributed by atoms with Crippen molar-refractivity contribution in [3.8, 4) is 5.82 Å². The van der Waals surface area contributed by atoms with Gasteiger partial charge < -0.3 is 4.74 Å². The van der Waals surface area contributed by atoms with Gasteiger partial charge in [0, 0.05) is 0 Å². The molecule has 2 rings (SSSR count). The maximum absolute atomic E-state index is 12.9. The van der Waals surface area contributed by atoms with E-state index in [2.05, 4.69) is 14.8 Å². The SMILES string of the molecule is COC(=O)c1cc(C(C)C)nn(-c2ccc(F)cn2)c1=O. The number of halogens is 1. The summed E-state index contributed by atoms with van der Waals surface area (Å²) in [6.45, 7) is 3.74. The lowest BCUT2D eigenvalue weighted by Crippen LogP contribution is -2.29. The number of esters is 1. The number of aromatic nitrogens is 3. The van der Waals surface area contributed by atoms with Gasteiger partial charge in [-0.05, 0) is 24.1 Å². The van der Waals surface area contributed by atoms with Crippen LogP contribution < -0.4 is 5.56 Å². The van der Waals surface area contributed by atoms with Crippen molar-refractivity contribution in [3.05, 3.63) is 51.8 Å². The molecule has 7 heteroatoms. The van der Waals surface area contributed by atoms with Crippen LogP contribution in [0.2, 0.25) is 0 Å². The van der Waals surface area contributed by atoms with E-state index in [9.17, 15) is 14.0 Å². The third-order valence-corrected chi connectivity index (χ3v) is 2.86. The van der Waals surface area contributed by atoms with Crippen molar-refractivity contribution >= 4 is 5.97 Å². The zero-order chi connectivity index (χ0) is 15.6. The summed E-state index contributed by atoms with van der Waals surface area (Å²) in [6, 6.07) is 3.88. The Labute approximate surface area is 120 Å². The third-order valence-electron chi connectivity index (χ3n) is 2.86. The summed E-state index contributed by atoms with van der Waals surface area (Å²) in [4.78, 5) is 27.8. The van der Waals surface area contributed by atoms with Gasteiger partial charge in [0.25, 0.3) is 5.56 Å². The molecule has 2 heterocycles. The first-order valence-corrected chi connectivity index (χ1v) is 6.28. The molecule has 0 unspecified atom stereocenters. The smallest absolute Gasteiger partial charge is 0.343 e. The highest BCUT2D eigenvalue weighted by atomic mass is 19.1. The number of carbonyl (C=O) groups is 1. The quantitative estimate of drug-likeness (QED) is 0.804. The number of rotatable bonds is 3. The second kappa shape index (κ2) is 5.82. The summed E-state index contributed by atoms with van der Waals surface area (Å²) in [7, 11) is 1.19. The Balaban J connectivity index is 2.69. The van der Waals surface area contributed by atoms with Gasteiger partial charge in [0.1, 0.15) is 11.4 Å². The van der Waals surface area contributed by atoms with Crippen LogP contribution in [0.15, 0.2) is 29.2 Å². The van der Waals surface area contributed by atoms with E-state index < -0.39 is 17.3 Å². The molecule has 0 aromatic carbocycles. The molecule has 0 aliphatic carbocycles. The Morgan fingerprint density at radius 1 is 1.38 bits per heavy atom. The lowest BCUT2D eigenvalue weighted by atomic mass is 10.1. The molecule has 0 bridgehead atoms. The van der Waals surface area contributed by atoms with Crippen molar-refractivity contribution in [2.24, 2.45) is 0 Å². The van der Waals surface area contributed by atoms with Gasteiger partial charge in [-0.15, -0.1) is 0 Å². The fraction of sp³-hybridized carbons (Fsp3) is 0.286. The number of methoxy groups -OCH3 is 1. The van der Waals surface area contributed by atoms with Crippen LogP contribution in [0.1, 0.15) is 35.8 Å². The van der Waals surface area contributed by atoms with Crippen LogP contribution in [0.4, 0.5) is 4.39 Å². The first-order valence-electron chi connectivity index (χ1n) is 6.28. The van der Waals surface area contributed by atoms with Crippen molar-refractivity contribution in [1.29, 1.82) is 0 Å². The molecule has 0 amide bonds. The highest BCUT2D eigenvalue weighted by Crippen LogP contribution is 2.12. The van der Waals surface area contributed by atoms with Gasteiger partial charge in [-0.25, -0.2) is 14.2 Å². The van der Waals surface area contributed by atoms with E-state index in [1.165, 1.54) is 19.2 Å². The van der Waals surface area contributed by atoms with Crippen LogP contribution in [0, 0.1) is 5.82 Å². The number of hydrogen-bond donors (Lipinski definition) is 0. The highest BCUT2D eigenvalue weighted by molar-refractivity contribution is 5.89. The van der Waals surface area contributed by atoms with E-state index in [1.54, 1.807) is 0 Å². The predicted molar refractivity (Wildman–Crippen MR) is 73.0 cm³/mol. The minimum atomic E-state index is -0.750. The molecular weight excluding hydrogens is 277 g/mol. The second-order valence-electron chi connectivity index (χ2n) is 4.68. The normalized spacial score (nSPS) is 10.7. The summed E-state index contributed by atoms with van der Waals surface area (Å²) >= 11 is 0. The molecule has 0 radical (unpaired) electrons. The maximum atomic E-state index is 12.9. The average Bonchev–Trinajstić information content (AvgIpc) is 2.47. The molecule has 0 aliphatic heterocycles. The molecule has 0 saturated carbocycles. The summed E-state index contributed by atoms with van der Waals surface area (Å²) in [5.41, 5.74) is -0.270. The van der Waals surface area contributed by atoms with E-state index in [0.717, 1.165) is 16.9 Å². The summed E-state index contributed by atoms with van der Waals surface area (Å²) in [5.74, 6) is -1.16. The van der Waals surface area contributed by atoms with Crippen LogP contribution in [-0.2, 0) is 4.74 Å². The Bertz CT molecular complexity index is 723. The van der Waals surface area contributed by atoms with E-state index in [-0.39, 0.29) is 17.3 Å². The molecule has 0 aliphatic rings. The minimum Gasteiger partial charge on any atom is -0.465 e. The van der Waals surface area contributed by atoms with Crippen molar-refractivity contribution < 1.29 is 13.9 Å². The van der Waals surface area contributed by atoms with Crippen molar-refractivity contribution in [1.82, 2.24) is 14.8 Å². The highest BCUT2D eigenvalue weighted by Gasteiger charge is 2.18. The molecule has 6 nitrogen and oxygen atoms in total. The first kappa shape index (κ1) is 14.8. The number of pyridine rings is 1. The predicted octanol–water partition coefficient (Wildman–Crippen LogP) is 1.68. The number of hydrogen-bond acceptors (Lipinski definition) is 5. The van der Waals surface area contributed by atoms with Gasteiger partial charge in [-0.1, -0.05) is 13.8 Å². The molecule has 0 fully saturated rings. The maximum Gasteiger partial charge on any atom is 0.343 e. The molecule has 2 aromatic rings. The van der Waals surface area contributed by atoms with Crippen LogP contribution in [-0.4, -0.2) is 27.8 Å². The Morgan fingerprint density at radius 3 is 2.62 bits per heavy atom. The van der Waals surface area contributed by atoms with Crippen molar-refractivity contribution in [2.75, 3.05) is 7.11 Å². The Kier molecular flexibility index (Phi) is 4.11. The monoisotopic (exact) mass is 291 g/mol. The molecule has 0 atom stereocenters. The number of ether oxygens (including phenoxy) is 1. The second-order valence-corrected chi connectivity index (χ2v) is 4.68. The van der Waals surface area contributed by atoms with Gasteiger partial charge in [0.15, 0.2) is 5.82 Å². The van der Waals surface area contributed by atoms with Crippen LogP contribution in [0.3, 0.4) is 0 Å². The lowest BCUT2D eigenvalue weighted by molar-refractivity contribution is 0.0597. The van der Waals surface area contributed by atoms with Gasteiger partial charge in [-0.2, -0.15) is 9.78 Å². The van der Waals surface area contributed by atoms with E-state index in [0.29, 0.717) is 5.69 Å². The van der Waals surface area contributed by atoms with Gasteiger partial charge >= 0.3 is 5.97 Å². The molecule has 21 heavy (non-hydrogen) atoms. The van der Waals surface area contributed by atoms with Crippen LogP contribution in [0.5, 0.6) is 0 Å². The molecule has 110 valence electrons. The zero-order valence-corrected chi connectivity index (χ0v) is 11.8. The number of nitrogens with zero attached hydrogens (tertiary/aromatic N) is 3. The van der Waals surface area contributed by atoms with Gasteiger partial charge in [0.05, 0.1) is 19.0 Å². The number of carbonyl (C=O) groups excluding carboxylic acids is 1. The topological polar surface area (TPSA) is 74.1 Å². The van der Waals surface area contributed by atoms with Crippen molar-refractivity contribution in [3.63, 3.8) is 0 Å². The van der Waals surface area contributed by atoms with E-state index in [1.807, 2.05) is 13.8 Å². The Hall–Kier alpha value is -2.57. The standard InChI is InChI=1S/C14H14FN3O3/c1-8(2)11-6-10(14(20)21-3)13(19)18(17-11)12-5-4-9(15)7-16-12/h4-8H,1-3H3. The van der Waals surface area contributed by atoms with Crippen LogP contribution >= 0.6 is 0 Å². The molecule has 0 saturated heterocycles. The summed E-state index contributed by atoms with van der Waals surface area (Å²) in [6.07, 6.45) is 0.976. The molecule has 0 spiro atoms. The summed E-state index contributed by atoms with van der Waals surface area (Å²) < 4.78 is 18.5. The lowest BCUT2D eigenvalue weighted by Gasteiger charge is -2.11. The fourth-order valence-electron chi connectivity index (χ4n) is 1.70. The van der Waals surface area contributed by atoms with Gasteiger partial charge in [-0.3, -0.25) is 4.79 Å². The Morgan fingerprint density at radius 2 is 2.10 bits per heavy atom. The average molecular weight is 291 g/mol. The van der Waals surface area contributed by atoms with E-state index >= 15 is 0 Å². The minimum absolute atomic E-state index is 0.0132. The fourth-order valence-corrected chi connectivity index (χ4v) is 1.70. The first-order chi connectivity index (χ1) is 9.93. The van der Waals surface area contributed by atoms with Gasteiger partial charge in [0.2, 0.25) is 0 Å². The zero-order valence-electron chi connectivity index (χ0n) is 11.8. The van der Waals surface area contributed by atoms with Crippen molar-refractivity contribution in [2.45, 2.75) is 19.8 Å². The third kappa shape index (κ3) is 2.96. The molecular formula is C14H14FN3O3. The largest absolute Gasteiger partial charge is 0.465 e. The van der Waals surface area contributed by atoms with E-state index in [4.69, 9.17) is 0 Å².